The van der Waals surface area contributed by atoms with Gasteiger partial charge in [-0.15, -0.1) is 11.3 Å². The molecule has 0 fully saturated rings. The molecule has 0 unspecified atom stereocenters. The third-order valence-corrected chi connectivity index (χ3v) is 11.2. The molecule has 11 rings (SSSR count). The molecule has 0 amide bonds. The summed E-state index contributed by atoms with van der Waals surface area (Å²) in [6, 6.07) is 57.5. The Labute approximate surface area is 302 Å². The van der Waals surface area contributed by atoms with Crippen molar-refractivity contribution in [3.8, 4) is 45.3 Å². The van der Waals surface area contributed by atoms with Crippen LogP contribution in [0.5, 0.6) is 0 Å². The van der Waals surface area contributed by atoms with Crippen LogP contribution in [-0.2, 0) is 0 Å². The highest BCUT2D eigenvalue weighted by atomic mass is 32.1. The largest absolute Gasteiger partial charge is 0.456 e. The van der Waals surface area contributed by atoms with Gasteiger partial charge < -0.3 is 4.42 Å². The standard InChI is InChI=1S/C47H27N3OS/c1-2-9-31-24-34(21-16-28(31)8-1)46-48-45(49-47(50-46)35-22-23-43-38(26-35)37-12-5-6-15-42(37)52-43)30-19-17-29(18-20-30)36-13-7-14-40-44(36)39-25-32-10-3-4-11-33(32)27-41(39)51-40/h1-27H. The molecule has 52 heavy (non-hydrogen) atoms. The number of hydrogen-bond donors (Lipinski definition) is 0. The molecule has 0 radical (unpaired) electrons. The molecule has 0 saturated heterocycles. The summed E-state index contributed by atoms with van der Waals surface area (Å²) in [5.74, 6) is 1.93. The van der Waals surface area contributed by atoms with E-state index in [4.69, 9.17) is 19.4 Å². The molecule has 0 atom stereocenters. The van der Waals surface area contributed by atoms with Crippen LogP contribution in [0.4, 0.5) is 0 Å². The molecular weight excluding hydrogens is 655 g/mol. The van der Waals surface area contributed by atoms with Gasteiger partial charge in [-0.1, -0.05) is 115 Å². The number of nitrogens with zero attached hydrogens (tertiary/aromatic N) is 3. The number of hydrogen-bond acceptors (Lipinski definition) is 5. The summed E-state index contributed by atoms with van der Waals surface area (Å²) in [4.78, 5) is 15.3. The number of benzene rings is 8. The molecule has 0 spiro atoms. The van der Waals surface area contributed by atoms with Gasteiger partial charge in [0.25, 0.3) is 0 Å². The van der Waals surface area contributed by atoms with Crippen LogP contribution in [0.1, 0.15) is 0 Å². The minimum absolute atomic E-state index is 0.633. The Morgan fingerprint density at radius 2 is 0.962 bits per heavy atom. The first-order valence-electron chi connectivity index (χ1n) is 17.3. The molecular formula is C47H27N3OS. The van der Waals surface area contributed by atoms with Crippen LogP contribution >= 0.6 is 11.3 Å². The first kappa shape index (κ1) is 29.1. The summed E-state index contributed by atoms with van der Waals surface area (Å²) in [7, 11) is 0. The van der Waals surface area contributed by atoms with Crippen molar-refractivity contribution in [3.05, 3.63) is 164 Å². The van der Waals surface area contributed by atoms with E-state index in [1.54, 1.807) is 0 Å². The minimum Gasteiger partial charge on any atom is -0.456 e. The average molecular weight is 682 g/mol. The van der Waals surface area contributed by atoms with Crippen LogP contribution in [0.15, 0.2) is 168 Å². The van der Waals surface area contributed by atoms with Crippen molar-refractivity contribution in [3.63, 3.8) is 0 Å². The second kappa shape index (κ2) is 11.4. The lowest BCUT2D eigenvalue weighted by molar-refractivity contribution is 0.669. The van der Waals surface area contributed by atoms with Gasteiger partial charge in [0.1, 0.15) is 11.2 Å². The Bertz CT molecular complexity index is 3190. The van der Waals surface area contributed by atoms with E-state index in [9.17, 15) is 0 Å². The van der Waals surface area contributed by atoms with E-state index in [1.807, 2.05) is 11.3 Å². The topological polar surface area (TPSA) is 51.8 Å². The summed E-state index contributed by atoms with van der Waals surface area (Å²) in [5, 5.41) is 9.39. The smallest absolute Gasteiger partial charge is 0.164 e. The Morgan fingerprint density at radius 1 is 0.365 bits per heavy atom. The number of furan rings is 1. The number of aromatic nitrogens is 3. The van der Waals surface area contributed by atoms with Crippen molar-refractivity contribution in [2.24, 2.45) is 0 Å². The first-order valence-corrected chi connectivity index (χ1v) is 18.2. The molecule has 0 bridgehead atoms. The molecule has 5 heteroatoms. The molecule has 3 heterocycles. The number of rotatable bonds is 4. The quantitative estimate of drug-likeness (QED) is 0.185. The molecule has 11 aromatic rings. The molecule has 4 nitrogen and oxygen atoms in total. The van der Waals surface area contributed by atoms with E-state index in [2.05, 4.69) is 164 Å². The molecule has 242 valence electrons. The van der Waals surface area contributed by atoms with Crippen LogP contribution in [0.25, 0.3) is 109 Å². The van der Waals surface area contributed by atoms with Crippen molar-refractivity contribution in [2.45, 2.75) is 0 Å². The summed E-state index contributed by atoms with van der Waals surface area (Å²) < 4.78 is 8.89. The summed E-state index contributed by atoms with van der Waals surface area (Å²) in [5.41, 5.74) is 6.84. The lowest BCUT2D eigenvalue weighted by Crippen LogP contribution is -2.00. The van der Waals surface area contributed by atoms with Crippen molar-refractivity contribution in [1.82, 2.24) is 15.0 Å². The predicted octanol–water partition coefficient (Wildman–Crippen LogP) is 13.1. The fourth-order valence-electron chi connectivity index (χ4n) is 7.51. The van der Waals surface area contributed by atoms with E-state index >= 15 is 0 Å². The zero-order valence-electron chi connectivity index (χ0n) is 27.7. The molecule has 0 saturated carbocycles. The maximum Gasteiger partial charge on any atom is 0.164 e. The molecule has 8 aromatic carbocycles. The van der Waals surface area contributed by atoms with Crippen molar-refractivity contribution >= 4 is 75.0 Å². The zero-order valence-corrected chi connectivity index (χ0v) is 28.6. The lowest BCUT2D eigenvalue weighted by Gasteiger charge is -2.10. The van der Waals surface area contributed by atoms with Gasteiger partial charge in [-0.05, 0) is 81.2 Å². The number of thiophene rings is 1. The molecule has 0 aliphatic rings. The van der Waals surface area contributed by atoms with Gasteiger partial charge in [0.15, 0.2) is 17.5 Å². The van der Waals surface area contributed by atoms with Gasteiger partial charge in [0.2, 0.25) is 0 Å². The second-order valence-electron chi connectivity index (χ2n) is 13.2. The highest BCUT2D eigenvalue weighted by Gasteiger charge is 2.17. The van der Waals surface area contributed by atoms with E-state index in [0.717, 1.165) is 55.1 Å². The molecule has 0 aliphatic heterocycles. The Balaban J connectivity index is 1.06. The maximum atomic E-state index is 6.37. The molecule has 0 N–H and O–H groups in total. The number of fused-ring (bicyclic) bond motifs is 8. The third kappa shape index (κ3) is 4.71. The van der Waals surface area contributed by atoms with Crippen LogP contribution < -0.4 is 0 Å². The SMILES string of the molecule is c1ccc2cc(-c3nc(-c4ccc(-c5cccc6oc7cc8ccccc8cc7c56)cc4)nc(-c4ccc5sc6ccccc6c5c4)n3)ccc2c1. The monoisotopic (exact) mass is 681 g/mol. The molecule has 0 aliphatic carbocycles. The van der Waals surface area contributed by atoms with E-state index in [-0.39, 0.29) is 0 Å². The van der Waals surface area contributed by atoms with Crippen LogP contribution in [0.3, 0.4) is 0 Å². The Morgan fingerprint density at radius 3 is 1.77 bits per heavy atom. The van der Waals surface area contributed by atoms with Gasteiger partial charge in [-0.3, -0.25) is 0 Å². The van der Waals surface area contributed by atoms with Gasteiger partial charge in [-0.25, -0.2) is 15.0 Å². The van der Waals surface area contributed by atoms with E-state index < -0.39 is 0 Å². The van der Waals surface area contributed by atoms with Crippen LogP contribution in [0, 0.1) is 0 Å². The van der Waals surface area contributed by atoms with E-state index in [1.165, 1.54) is 36.3 Å². The Hall–Kier alpha value is -6.69. The highest BCUT2D eigenvalue weighted by molar-refractivity contribution is 7.25. The van der Waals surface area contributed by atoms with Gasteiger partial charge in [0.05, 0.1) is 0 Å². The summed E-state index contributed by atoms with van der Waals surface area (Å²) >= 11 is 1.81. The first-order chi connectivity index (χ1) is 25.7. The fraction of sp³-hybridized carbons (Fsp3) is 0. The minimum atomic E-state index is 0.633. The van der Waals surface area contributed by atoms with Gasteiger partial charge in [0, 0.05) is 47.6 Å². The normalized spacial score (nSPS) is 11.8. The Kier molecular flexibility index (Phi) is 6.39. The molecule has 3 aromatic heterocycles. The van der Waals surface area contributed by atoms with Crippen molar-refractivity contribution < 1.29 is 4.42 Å². The average Bonchev–Trinajstić information content (AvgIpc) is 3.77. The predicted molar refractivity (Wildman–Crippen MR) is 217 cm³/mol. The van der Waals surface area contributed by atoms with E-state index in [0.29, 0.717) is 17.5 Å². The van der Waals surface area contributed by atoms with Crippen LogP contribution in [0.2, 0.25) is 0 Å². The van der Waals surface area contributed by atoms with Gasteiger partial charge in [-0.2, -0.15) is 0 Å². The second-order valence-corrected chi connectivity index (χ2v) is 14.3. The zero-order chi connectivity index (χ0) is 34.2. The lowest BCUT2D eigenvalue weighted by atomic mass is 9.97. The third-order valence-electron chi connectivity index (χ3n) is 10.1. The van der Waals surface area contributed by atoms with Crippen molar-refractivity contribution in [2.75, 3.05) is 0 Å². The highest BCUT2D eigenvalue weighted by Crippen LogP contribution is 2.40. The summed E-state index contributed by atoms with van der Waals surface area (Å²) in [6.45, 7) is 0. The fourth-order valence-corrected chi connectivity index (χ4v) is 8.59. The summed E-state index contributed by atoms with van der Waals surface area (Å²) in [6.07, 6.45) is 0. The van der Waals surface area contributed by atoms with Gasteiger partial charge >= 0.3 is 0 Å². The maximum absolute atomic E-state index is 6.37. The van der Waals surface area contributed by atoms with Crippen LogP contribution in [-0.4, -0.2) is 15.0 Å². The van der Waals surface area contributed by atoms with Crippen molar-refractivity contribution in [1.29, 1.82) is 0 Å².